The molecule has 1 aromatic rings. The first kappa shape index (κ1) is 23.1. The Hall–Kier alpha value is -2.97. The number of alkyl halides is 1. The molecule has 154 valence electrons. The maximum Gasteiger partial charge on any atom is 0.408 e. The largest absolute Gasteiger partial charge is 0.445 e. The summed E-state index contributed by atoms with van der Waals surface area (Å²) >= 11 is 0. The smallest absolute Gasteiger partial charge is 0.408 e. The number of hydrogen-bond acceptors (Lipinski definition) is 5. The SMILES string of the molecule is C[C@H](NC(=O)OCc1ccccc1)C(=O)NC(CCC(=O)N(C)C)C(=O)CF. The molecule has 1 rings (SSSR count). The Morgan fingerprint density at radius 2 is 1.75 bits per heavy atom. The van der Waals surface area contributed by atoms with Gasteiger partial charge in [-0.05, 0) is 18.9 Å². The van der Waals surface area contributed by atoms with Crippen LogP contribution in [-0.4, -0.2) is 61.4 Å². The van der Waals surface area contributed by atoms with E-state index in [1.165, 1.54) is 11.8 Å². The molecule has 1 aromatic carbocycles. The lowest BCUT2D eigenvalue weighted by atomic mass is 10.1. The van der Waals surface area contributed by atoms with Crippen molar-refractivity contribution >= 4 is 23.7 Å². The summed E-state index contributed by atoms with van der Waals surface area (Å²) in [6, 6.07) is 6.84. The van der Waals surface area contributed by atoms with E-state index in [0.717, 1.165) is 5.56 Å². The van der Waals surface area contributed by atoms with Crippen LogP contribution in [0.25, 0.3) is 0 Å². The summed E-state index contributed by atoms with van der Waals surface area (Å²) in [5.74, 6) is -1.76. The monoisotopic (exact) mass is 395 g/mol. The molecule has 0 saturated carbocycles. The molecule has 0 aliphatic rings. The van der Waals surface area contributed by atoms with Crippen LogP contribution in [0.4, 0.5) is 9.18 Å². The molecule has 28 heavy (non-hydrogen) atoms. The molecule has 0 bridgehead atoms. The molecule has 1 unspecified atom stereocenters. The molecule has 0 heterocycles. The highest BCUT2D eigenvalue weighted by atomic mass is 19.1. The van der Waals surface area contributed by atoms with E-state index in [1.807, 2.05) is 6.07 Å². The van der Waals surface area contributed by atoms with E-state index in [1.54, 1.807) is 38.4 Å². The van der Waals surface area contributed by atoms with Gasteiger partial charge in [-0.1, -0.05) is 30.3 Å². The minimum atomic E-state index is -1.26. The average Bonchev–Trinajstić information content (AvgIpc) is 2.68. The molecule has 0 radical (unpaired) electrons. The fourth-order valence-electron chi connectivity index (χ4n) is 2.20. The molecular weight excluding hydrogens is 369 g/mol. The molecule has 8 nitrogen and oxygen atoms in total. The summed E-state index contributed by atoms with van der Waals surface area (Å²) in [5, 5.41) is 4.71. The van der Waals surface area contributed by atoms with Crippen LogP contribution in [0.3, 0.4) is 0 Å². The molecule has 0 aromatic heterocycles. The van der Waals surface area contributed by atoms with Crippen molar-refractivity contribution in [2.75, 3.05) is 20.8 Å². The van der Waals surface area contributed by atoms with E-state index in [2.05, 4.69) is 10.6 Å². The summed E-state index contributed by atoms with van der Waals surface area (Å²) in [7, 11) is 3.11. The van der Waals surface area contributed by atoms with Gasteiger partial charge in [-0.3, -0.25) is 14.4 Å². The summed E-state index contributed by atoms with van der Waals surface area (Å²) in [6.45, 7) is 0.180. The van der Waals surface area contributed by atoms with Crippen molar-refractivity contribution in [2.45, 2.75) is 38.5 Å². The van der Waals surface area contributed by atoms with Gasteiger partial charge in [0.1, 0.15) is 19.3 Å². The molecule has 3 amide bonds. The number of ether oxygens (including phenoxy) is 1. The summed E-state index contributed by atoms with van der Waals surface area (Å²) in [6.07, 6.45) is -0.857. The first-order valence-corrected chi connectivity index (χ1v) is 8.81. The third-order valence-corrected chi connectivity index (χ3v) is 3.92. The third kappa shape index (κ3) is 8.15. The molecule has 0 fully saturated rings. The molecule has 2 N–H and O–H groups in total. The van der Waals surface area contributed by atoms with Crippen molar-refractivity contribution in [3.63, 3.8) is 0 Å². The second-order valence-electron chi connectivity index (χ2n) is 6.42. The van der Waals surface area contributed by atoms with E-state index in [4.69, 9.17) is 4.74 Å². The highest BCUT2D eigenvalue weighted by Gasteiger charge is 2.25. The first-order valence-electron chi connectivity index (χ1n) is 8.81. The van der Waals surface area contributed by atoms with Crippen LogP contribution in [-0.2, 0) is 25.7 Å². The molecule has 0 spiro atoms. The Labute approximate surface area is 163 Å². The molecule has 0 saturated heterocycles. The van der Waals surface area contributed by atoms with Gasteiger partial charge in [-0.2, -0.15) is 0 Å². The number of hydrogen-bond donors (Lipinski definition) is 2. The van der Waals surface area contributed by atoms with Crippen LogP contribution in [0.5, 0.6) is 0 Å². The summed E-state index contributed by atoms with van der Waals surface area (Å²) in [4.78, 5) is 48.7. The second kappa shape index (κ2) is 11.7. The summed E-state index contributed by atoms with van der Waals surface area (Å²) in [5.41, 5.74) is 0.786. The Kier molecular flexibility index (Phi) is 9.63. The Morgan fingerprint density at radius 3 is 2.32 bits per heavy atom. The van der Waals surface area contributed by atoms with Crippen LogP contribution in [0.15, 0.2) is 30.3 Å². The Balaban J connectivity index is 2.52. The van der Waals surface area contributed by atoms with Gasteiger partial charge < -0.3 is 20.3 Å². The van der Waals surface area contributed by atoms with Gasteiger partial charge in [0.15, 0.2) is 5.78 Å². The molecular formula is C19H26FN3O5. The number of Topliss-reactive ketones (excluding diaryl/α,β-unsaturated/α-hetero) is 1. The van der Waals surface area contributed by atoms with Crippen LogP contribution >= 0.6 is 0 Å². The topological polar surface area (TPSA) is 105 Å². The number of benzene rings is 1. The first-order chi connectivity index (χ1) is 13.2. The normalized spacial score (nSPS) is 12.4. The predicted octanol–water partition coefficient (Wildman–Crippen LogP) is 1.19. The van der Waals surface area contributed by atoms with E-state index in [9.17, 15) is 23.6 Å². The predicted molar refractivity (Wildman–Crippen MR) is 100 cm³/mol. The number of nitrogens with zero attached hydrogens (tertiary/aromatic N) is 1. The number of halogens is 1. The third-order valence-electron chi connectivity index (χ3n) is 3.92. The number of carbonyl (C=O) groups excluding carboxylic acids is 4. The number of alkyl carbamates (subject to hydrolysis) is 1. The van der Waals surface area contributed by atoms with E-state index >= 15 is 0 Å². The van der Waals surface area contributed by atoms with E-state index < -0.39 is 36.5 Å². The van der Waals surface area contributed by atoms with Crippen molar-refractivity contribution in [3.8, 4) is 0 Å². The number of amides is 3. The van der Waals surface area contributed by atoms with Gasteiger partial charge in [0, 0.05) is 20.5 Å². The Morgan fingerprint density at radius 1 is 1.11 bits per heavy atom. The lowest BCUT2D eigenvalue weighted by molar-refractivity contribution is -0.131. The van der Waals surface area contributed by atoms with Crippen LogP contribution < -0.4 is 10.6 Å². The number of ketones is 1. The van der Waals surface area contributed by atoms with Gasteiger partial charge in [0.25, 0.3) is 0 Å². The molecule has 0 aliphatic heterocycles. The maximum absolute atomic E-state index is 12.8. The fourth-order valence-corrected chi connectivity index (χ4v) is 2.20. The van der Waals surface area contributed by atoms with Crippen LogP contribution in [0.1, 0.15) is 25.3 Å². The zero-order chi connectivity index (χ0) is 21.1. The maximum atomic E-state index is 12.8. The lowest BCUT2D eigenvalue weighted by Crippen LogP contribution is -2.51. The van der Waals surface area contributed by atoms with Gasteiger partial charge in [0.05, 0.1) is 6.04 Å². The van der Waals surface area contributed by atoms with Crippen molar-refractivity contribution in [3.05, 3.63) is 35.9 Å². The molecule has 0 aliphatic carbocycles. The highest BCUT2D eigenvalue weighted by Crippen LogP contribution is 2.04. The van der Waals surface area contributed by atoms with E-state index in [0.29, 0.717) is 0 Å². The second-order valence-corrected chi connectivity index (χ2v) is 6.42. The fraction of sp³-hybridized carbons (Fsp3) is 0.474. The molecule has 2 atom stereocenters. The summed E-state index contributed by atoms with van der Waals surface area (Å²) < 4.78 is 17.8. The standard InChI is InChI=1S/C19H26FN3O5/c1-13(21-19(27)28-12-14-7-5-4-6-8-14)18(26)22-15(16(24)11-20)9-10-17(25)23(2)3/h4-8,13,15H,9-12H2,1-3H3,(H,21,27)(H,22,26)/t13-,15?/m0/s1. The van der Waals surface area contributed by atoms with Crippen molar-refractivity contribution in [1.82, 2.24) is 15.5 Å². The zero-order valence-electron chi connectivity index (χ0n) is 16.2. The van der Waals surface area contributed by atoms with Gasteiger partial charge in [-0.25, -0.2) is 9.18 Å². The van der Waals surface area contributed by atoms with Gasteiger partial charge in [0.2, 0.25) is 11.8 Å². The van der Waals surface area contributed by atoms with Crippen molar-refractivity contribution in [1.29, 1.82) is 0 Å². The minimum Gasteiger partial charge on any atom is -0.445 e. The Bertz CT molecular complexity index is 681. The van der Waals surface area contributed by atoms with Crippen LogP contribution in [0, 0.1) is 0 Å². The van der Waals surface area contributed by atoms with Gasteiger partial charge >= 0.3 is 6.09 Å². The number of carbonyl (C=O) groups is 4. The van der Waals surface area contributed by atoms with Gasteiger partial charge in [-0.15, -0.1) is 0 Å². The quantitative estimate of drug-likeness (QED) is 0.619. The zero-order valence-corrected chi connectivity index (χ0v) is 16.2. The van der Waals surface area contributed by atoms with Crippen molar-refractivity contribution < 1.29 is 28.3 Å². The number of rotatable bonds is 10. The average molecular weight is 395 g/mol. The highest BCUT2D eigenvalue weighted by molar-refractivity contribution is 5.92. The van der Waals surface area contributed by atoms with E-state index in [-0.39, 0.29) is 25.4 Å². The minimum absolute atomic E-state index is 0.0232. The molecule has 9 heteroatoms. The number of nitrogens with one attached hydrogen (secondary N) is 2. The van der Waals surface area contributed by atoms with Crippen molar-refractivity contribution in [2.24, 2.45) is 0 Å². The lowest BCUT2D eigenvalue weighted by Gasteiger charge is -2.20. The van der Waals surface area contributed by atoms with Crippen LogP contribution in [0.2, 0.25) is 0 Å².